The summed E-state index contributed by atoms with van der Waals surface area (Å²) in [5.41, 5.74) is 1.30. The number of thioether (sulfide) groups is 1. The lowest BCUT2D eigenvalue weighted by molar-refractivity contribution is 0.395. The third kappa shape index (κ3) is 3.12. The molecule has 0 aliphatic carbocycles. The van der Waals surface area contributed by atoms with Gasteiger partial charge < -0.3 is 9.84 Å². The van der Waals surface area contributed by atoms with E-state index >= 15 is 0 Å². The molecule has 0 fully saturated rings. The van der Waals surface area contributed by atoms with Gasteiger partial charge in [0.15, 0.2) is 0 Å². The number of hydrogen-bond acceptors (Lipinski definition) is 4. The van der Waals surface area contributed by atoms with Crippen LogP contribution in [-0.2, 0) is 12.3 Å². The first-order valence-corrected chi connectivity index (χ1v) is 6.13. The van der Waals surface area contributed by atoms with Crippen LogP contribution in [0.25, 0.3) is 0 Å². The van der Waals surface area contributed by atoms with Gasteiger partial charge in [-0.15, -0.1) is 11.8 Å². The monoisotopic (exact) mass is 234 g/mol. The first-order chi connectivity index (χ1) is 7.88. The Hall–Kier alpha value is -1.26. The molecule has 0 unspecified atom stereocenters. The van der Waals surface area contributed by atoms with E-state index in [1.807, 2.05) is 13.1 Å². The molecule has 2 aromatic rings. The van der Waals surface area contributed by atoms with E-state index in [1.165, 1.54) is 10.5 Å². The van der Waals surface area contributed by atoms with Crippen molar-refractivity contribution in [2.45, 2.75) is 17.2 Å². The molecule has 0 aliphatic heterocycles. The molecule has 1 aromatic carbocycles. The van der Waals surface area contributed by atoms with E-state index in [0.29, 0.717) is 0 Å². The summed E-state index contributed by atoms with van der Waals surface area (Å²) in [7, 11) is 1.95. The van der Waals surface area contributed by atoms with Gasteiger partial charge in [0.05, 0.1) is 11.9 Å². The zero-order valence-corrected chi connectivity index (χ0v) is 9.96. The smallest absolute Gasteiger partial charge is 0.146 e. The third-order valence-electron chi connectivity index (χ3n) is 2.18. The summed E-state index contributed by atoms with van der Waals surface area (Å²) in [6.07, 6.45) is 1.67. The van der Waals surface area contributed by atoms with Crippen LogP contribution in [0.1, 0.15) is 11.3 Å². The second kappa shape index (κ2) is 5.72. The van der Waals surface area contributed by atoms with Crippen LogP contribution in [0.4, 0.5) is 0 Å². The summed E-state index contributed by atoms with van der Waals surface area (Å²) >= 11 is 1.75. The SMILES string of the molecule is CNCc1ccc(SCc2ccno2)cc1. The molecule has 1 N–H and O–H groups in total. The predicted octanol–water partition coefficient (Wildman–Crippen LogP) is 2.69. The standard InChI is InChI=1S/C12H14N2OS/c1-13-8-10-2-4-12(5-3-10)16-9-11-6-7-14-15-11/h2-7,13H,8-9H2,1H3. The maximum absolute atomic E-state index is 5.04. The summed E-state index contributed by atoms with van der Waals surface area (Å²) in [5, 5.41) is 6.80. The minimum Gasteiger partial charge on any atom is -0.361 e. The Morgan fingerprint density at radius 1 is 1.25 bits per heavy atom. The van der Waals surface area contributed by atoms with Gasteiger partial charge in [0.25, 0.3) is 0 Å². The second-order valence-electron chi connectivity index (χ2n) is 3.44. The first-order valence-electron chi connectivity index (χ1n) is 5.14. The molecule has 84 valence electrons. The Kier molecular flexibility index (Phi) is 4.02. The van der Waals surface area contributed by atoms with Crippen molar-refractivity contribution in [2.75, 3.05) is 7.05 Å². The molecule has 1 aromatic heterocycles. The largest absolute Gasteiger partial charge is 0.361 e. The number of rotatable bonds is 5. The van der Waals surface area contributed by atoms with Crippen LogP contribution in [-0.4, -0.2) is 12.2 Å². The average molecular weight is 234 g/mol. The van der Waals surface area contributed by atoms with Crippen LogP contribution >= 0.6 is 11.8 Å². The molecule has 0 spiro atoms. The van der Waals surface area contributed by atoms with Crippen molar-refractivity contribution in [2.24, 2.45) is 0 Å². The van der Waals surface area contributed by atoms with Crippen LogP contribution in [0.3, 0.4) is 0 Å². The summed E-state index contributed by atoms with van der Waals surface area (Å²) in [6.45, 7) is 0.910. The van der Waals surface area contributed by atoms with Gasteiger partial charge in [0.2, 0.25) is 0 Å². The van der Waals surface area contributed by atoms with Crippen molar-refractivity contribution >= 4 is 11.8 Å². The molecule has 0 saturated heterocycles. The van der Waals surface area contributed by atoms with E-state index in [-0.39, 0.29) is 0 Å². The fourth-order valence-corrected chi connectivity index (χ4v) is 2.17. The van der Waals surface area contributed by atoms with Gasteiger partial charge in [0, 0.05) is 17.5 Å². The highest BCUT2D eigenvalue weighted by molar-refractivity contribution is 7.98. The molecule has 0 saturated carbocycles. The molecule has 0 aliphatic rings. The molecule has 4 heteroatoms. The topological polar surface area (TPSA) is 38.1 Å². The third-order valence-corrected chi connectivity index (χ3v) is 3.21. The summed E-state index contributed by atoms with van der Waals surface area (Å²) < 4.78 is 5.04. The first kappa shape index (κ1) is 11.2. The van der Waals surface area contributed by atoms with E-state index in [0.717, 1.165) is 18.1 Å². The number of nitrogens with one attached hydrogen (secondary N) is 1. The quantitative estimate of drug-likeness (QED) is 0.807. The molecule has 1 heterocycles. The van der Waals surface area contributed by atoms with Crippen molar-refractivity contribution < 1.29 is 4.52 Å². The summed E-state index contributed by atoms with van der Waals surface area (Å²) in [5.74, 6) is 1.73. The van der Waals surface area contributed by atoms with Crippen molar-refractivity contribution in [3.63, 3.8) is 0 Å². The molecule has 0 bridgehead atoms. The minimum atomic E-state index is 0.825. The number of benzene rings is 1. The van der Waals surface area contributed by atoms with E-state index in [1.54, 1.807) is 18.0 Å². The molecular weight excluding hydrogens is 220 g/mol. The van der Waals surface area contributed by atoms with Crippen molar-refractivity contribution in [3.8, 4) is 0 Å². The molecule has 3 nitrogen and oxygen atoms in total. The molecular formula is C12H14N2OS. The fourth-order valence-electron chi connectivity index (χ4n) is 1.38. The molecule has 16 heavy (non-hydrogen) atoms. The Bertz CT molecular complexity index is 411. The van der Waals surface area contributed by atoms with Gasteiger partial charge in [-0.25, -0.2) is 0 Å². The molecule has 0 amide bonds. The summed E-state index contributed by atoms with van der Waals surface area (Å²) in [4.78, 5) is 1.25. The molecule has 0 radical (unpaired) electrons. The lowest BCUT2D eigenvalue weighted by atomic mass is 10.2. The van der Waals surface area contributed by atoms with Gasteiger partial charge in [-0.2, -0.15) is 0 Å². The van der Waals surface area contributed by atoms with Crippen LogP contribution in [0, 0.1) is 0 Å². The van der Waals surface area contributed by atoms with Crippen LogP contribution in [0.5, 0.6) is 0 Å². The number of hydrogen-bond donors (Lipinski definition) is 1. The Balaban J connectivity index is 1.90. The van der Waals surface area contributed by atoms with Gasteiger partial charge in [-0.1, -0.05) is 17.3 Å². The van der Waals surface area contributed by atoms with Crippen molar-refractivity contribution in [3.05, 3.63) is 47.9 Å². The maximum atomic E-state index is 5.04. The molecule has 2 rings (SSSR count). The van der Waals surface area contributed by atoms with Crippen molar-refractivity contribution in [1.82, 2.24) is 10.5 Å². The van der Waals surface area contributed by atoms with E-state index in [4.69, 9.17) is 4.52 Å². The van der Waals surface area contributed by atoms with E-state index in [9.17, 15) is 0 Å². The van der Waals surface area contributed by atoms with E-state index in [2.05, 4.69) is 34.7 Å². The summed E-state index contributed by atoms with van der Waals surface area (Å²) in [6, 6.07) is 10.4. The van der Waals surface area contributed by atoms with Gasteiger partial charge in [0.1, 0.15) is 5.76 Å². The van der Waals surface area contributed by atoms with Crippen LogP contribution in [0.15, 0.2) is 45.9 Å². The molecule has 0 atom stereocenters. The van der Waals surface area contributed by atoms with Crippen LogP contribution < -0.4 is 5.32 Å². The number of aromatic nitrogens is 1. The second-order valence-corrected chi connectivity index (χ2v) is 4.49. The van der Waals surface area contributed by atoms with E-state index < -0.39 is 0 Å². The lowest BCUT2D eigenvalue weighted by Crippen LogP contribution is -2.04. The Morgan fingerprint density at radius 2 is 2.06 bits per heavy atom. The van der Waals surface area contributed by atoms with Gasteiger partial charge >= 0.3 is 0 Å². The lowest BCUT2D eigenvalue weighted by Gasteiger charge is -2.02. The zero-order chi connectivity index (χ0) is 11.2. The minimum absolute atomic E-state index is 0.825. The average Bonchev–Trinajstić information content (AvgIpc) is 2.82. The highest BCUT2D eigenvalue weighted by Crippen LogP contribution is 2.22. The fraction of sp³-hybridized carbons (Fsp3) is 0.250. The Morgan fingerprint density at radius 3 is 2.69 bits per heavy atom. The van der Waals surface area contributed by atoms with Gasteiger partial charge in [-0.05, 0) is 24.7 Å². The maximum Gasteiger partial charge on any atom is 0.146 e. The van der Waals surface area contributed by atoms with Crippen molar-refractivity contribution in [1.29, 1.82) is 0 Å². The van der Waals surface area contributed by atoms with Crippen LogP contribution in [0.2, 0.25) is 0 Å². The normalized spacial score (nSPS) is 10.6. The highest BCUT2D eigenvalue weighted by atomic mass is 32.2. The number of nitrogens with zero attached hydrogens (tertiary/aromatic N) is 1. The zero-order valence-electron chi connectivity index (χ0n) is 9.14. The Labute approximate surface area is 99.2 Å². The highest BCUT2D eigenvalue weighted by Gasteiger charge is 1.99. The van der Waals surface area contributed by atoms with Gasteiger partial charge in [-0.3, -0.25) is 0 Å². The predicted molar refractivity (Wildman–Crippen MR) is 65.3 cm³/mol.